The minimum atomic E-state index is -0.196. The van der Waals surface area contributed by atoms with Crippen molar-refractivity contribution in [3.8, 4) is 0 Å². The molecule has 0 saturated heterocycles. The number of likely N-dealkylation sites (N-methyl/N-ethyl adjacent to an activating group) is 1. The lowest BCUT2D eigenvalue weighted by atomic mass is 10.1. The van der Waals surface area contributed by atoms with Crippen molar-refractivity contribution in [2.24, 2.45) is 0 Å². The summed E-state index contributed by atoms with van der Waals surface area (Å²) < 4.78 is 13.6. The van der Waals surface area contributed by atoms with Gasteiger partial charge in [-0.25, -0.2) is 0 Å². The molecule has 0 aliphatic heterocycles. The number of nitrogens with one attached hydrogen (secondary N) is 1. The van der Waals surface area contributed by atoms with Gasteiger partial charge in [-0.3, -0.25) is 0 Å². The van der Waals surface area contributed by atoms with E-state index in [1.165, 1.54) is 0 Å². The summed E-state index contributed by atoms with van der Waals surface area (Å²) in [5.74, 6) is -0.196. The Morgan fingerprint density at radius 2 is 2.00 bits per heavy atom. The second kappa shape index (κ2) is 4.03. The predicted molar refractivity (Wildman–Crippen MR) is 60.5 cm³/mol. The highest BCUT2D eigenvalue weighted by atomic mass is 19.1. The van der Waals surface area contributed by atoms with E-state index in [2.05, 4.69) is 9.88 Å². The molecule has 1 heterocycles. The summed E-state index contributed by atoms with van der Waals surface area (Å²) in [5, 5.41) is 0.997. The van der Waals surface area contributed by atoms with E-state index in [-0.39, 0.29) is 5.95 Å². The van der Waals surface area contributed by atoms with Crippen LogP contribution in [0.15, 0.2) is 24.3 Å². The van der Waals surface area contributed by atoms with Crippen molar-refractivity contribution in [2.75, 3.05) is 20.6 Å². The molecule has 0 fully saturated rings. The summed E-state index contributed by atoms with van der Waals surface area (Å²) >= 11 is 0. The van der Waals surface area contributed by atoms with Crippen LogP contribution in [0.5, 0.6) is 0 Å². The van der Waals surface area contributed by atoms with Gasteiger partial charge in [-0.15, -0.1) is 0 Å². The van der Waals surface area contributed by atoms with Gasteiger partial charge in [-0.2, -0.15) is 4.39 Å². The molecule has 2 rings (SSSR count). The Balaban J connectivity index is 2.36. The van der Waals surface area contributed by atoms with Crippen LogP contribution in [-0.2, 0) is 6.42 Å². The van der Waals surface area contributed by atoms with E-state index in [4.69, 9.17) is 0 Å². The number of halogens is 1. The number of H-pyrrole nitrogens is 1. The van der Waals surface area contributed by atoms with Crippen LogP contribution in [0.1, 0.15) is 5.56 Å². The molecule has 0 radical (unpaired) electrons. The molecule has 0 bridgehead atoms. The first kappa shape index (κ1) is 10.2. The predicted octanol–water partition coefficient (Wildman–Crippen LogP) is 2.41. The van der Waals surface area contributed by atoms with Crippen molar-refractivity contribution in [1.29, 1.82) is 0 Å². The zero-order chi connectivity index (χ0) is 10.8. The number of para-hydroxylation sites is 1. The molecule has 0 spiro atoms. The summed E-state index contributed by atoms with van der Waals surface area (Å²) in [4.78, 5) is 4.82. The Morgan fingerprint density at radius 1 is 1.27 bits per heavy atom. The minimum Gasteiger partial charge on any atom is -0.331 e. The lowest BCUT2D eigenvalue weighted by Gasteiger charge is -2.08. The van der Waals surface area contributed by atoms with E-state index in [1.54, 1.807) is 0 Å². The summed E-state index contributed by atoms with van der Waals surface area (Å²) in [6, 6.07) is 7.71. The number of hydrogen-bond donors (Lipinski definition) is 1. The molecule has 2 nitrogen and oxygen atoms in total. The fraction of sp³-hybridized carbons (Fsp3) is 0.333. The lowest BCUT2D eigenvalue weighted by Crippen LogP contribution is -2.15. The molecule has 15 heavy (non-hydrogen) atoms. The van der Waals surface area contributed by atoms with Gasteiger partial charge in [0, 0.05) is 23.0 Å². The zero-order valence-electron chi connectivity index (χ0n) is 9.05. The first-order valence-corrected chi connectivity index (χ1v) is 5.08. The largest absolute Gasteiger partial charge is 0.331 e. The third-order valence-electron chi connectivity index (χ3n) is 2.57. The Morgan fingerprint density at radius 3 is 2.73 bits per heavy atom. The molecule has 2 aromatic rings. The highest BCUT2D eigenvalue weighted by Crippen LogP contribution is 2.21. The molecule has 1 aromatic carbocycles. The summed E-state index contributed by atoms with van der Waals surface area (Å²) in [6.45, 7) is 0.860. The molecular formula is C12H15FN2. The Labute approximate surface area is 88.7 Å². The van der Waals surface area contributed by atoms with Crippen LogP contribution in [0, 0.1) is 5.95 Å². The van der Waals surface area contributed by atoms with Crippen molar-refractivity contribution in [3.05, 3.63) is 35.8 Å². The summed E-state index contributed by atoms with van der Waals surface area (Å²) in [5.41, 5.74) is 1.67. The quantitative estimate of drug-likeness (QED) is 0.817. The standard InChI is InChI=1S/C12H15FN2/c1-15(2)8-7-10-9-5-3-4-6-11(9)14-12(10)13/h3-6,14H,7-8H2,1-2H3. The van der Waals surface area contributed by atoms with Crippen LogP contribution < -0.4 is 0 Å². The van der Waals surface area contributed by atoms with E-state index in [1.807, 2.05) is 38.4 Å². The average Bonchev–Trinajstić information content (AvgIpc) is 2.50. The number of benzene rings is 1. The lowest BCUT2D eigenvalue weighted by molar-refractivity contribution is 0.410. The maximum Gasteiger partial charge on any atom is 0.195 e. The van der Waals surface area contributed by atoms with Crippen LogP contribution in [0.4, 0.5) is 4.39 Å². The van der Waals surface area contributed by atoms with Gasteiger partial charge in [0.1, 0.15) is 0 Å². The Hall–Kier alpha value is -1.35. The van der Waals surface area contributed by atoms with Crippen molar-refractivity contribution in [2.45, 2.75) is 6.42 Å². The second-order valence-electron chi connectivity index (χ2n) is 4.02. The molecule has 0 aliphatic carbocycles. The van der Waals surface area contributed by atoms with Gasteiger partial charge >= 0.3 is 0 Å². The molecule has 1 aromatic heterocycles. The Bertz CT molecular complexity index is 460. The van der Waals surface area contributed by atoms with E-state index >= 15 is 0 Å². The van der Waals surface area contributed by atoms with E-state index in [0.717, 1.165) is 29.4 Å². The topological polar surface area (TPSA) is 19.0 Å². The maximum absolute atomic E-state index is 13.6. The van der Waals surface area contributed by atoms with Gasteiger partial charge in [0.25, 0.3) is 0 Å². The van der Waals surface area contributed by atoms with Gasteiger partial charge in [0.15, 0.2) is 5.95 Å². The fourth-order valence-electron chi connectivity index (χ4n) is 1.75. The monoisotopic (exact) mass is 206 g/mol. The van der Waals surface area contributed by atoms with Gasteiger partial charge in [-0.05, 0) is 26.6 Å². The number of fused-ring (bicyclic) bond motifs is 1. The Kier molecular flexibility index (Phi) is 2.73. The molecule has 80 valence electrons. The zero-order valence-corrected chi connectivity index (χ0v) is 9.05. The fourth-order valence-corrected chi connectivity index (χ4v) is 1.75. The highest BCUT2D eigenvalue weighted by molar-refractivity contribution is 5.83. The average molecular weight is 206 g/mol. The number of nitrogens with zero attached hydrogens (tertiary/aromatic N) is 1. The molecule has 0 aliphatic rings. The van der Waals surface area contributed by atoms with Crippen LogP contribution in [-0.4, -0.2) is 30.5 Å². The molecular weight excluding hydrogens is 191 g/mol. The van der Waals surface area contributed by atoms with Crippen LogP contribution >= 0.6 is 0 Å². The number of aromatic amines is 1. The molecule has 0 unspecified atom stereocenters. The van der Waals surface area contributed by atoms with Gasteiger partial charge in [0.05, 0.1) is 0 Å². The third kappa shape index (κ3) is 2.02. The molecule has 0 saturated carbocycles. The van der Waals surface area contributed by atoms with Crippen molar-refractivity contribution < 1.29 is 4.39 Å². The number of hydrogen-bond acceptors (Lipinski definition) is 1. The molecule has 3 heteroatoms. The van der Waals surface area contributed by atoms with E-state index < -0.39 is 0 Å². The van der Waals surface area contributed by atoms with Crippen LogP contribution in [0.2, 0.25) is 0 Å². The van der Waals surface area contributed by atoms with E-state index in [0.29, 0.717) is 0 Å². The normalized spacial score (nSPS) is 11.5. The summed E-state index contributed by atoms with van der Waals surface area (Å²) in [6.07, 6.45) is 0.739. The van der Waals surface area contributed by atoms with Crippen molar-refractivity contribution in [3.63, 3.8) is 0 Å². The van der Waals surface area contributed by atoms with Crippen molar-refractivity contribution >= 4 is 10.9 Å². The smallest absolute Gasteiger partial charge is 0.195 e. The molecule has 0 amide bonds. The first-order chi connectivity index (χ1) is 7.18. The minimum absolute atomic E-state index is 0.196. The van der Waals surface area contributed by atoms with Crippen LogP contribution in [0.3, 0.4) is 0 Å². The highest BCUT2D eigenvalue weighted by Gasteiger charge is 2.10. The molecule has 0 atom stereocenters. The maximum atomic E-state index is 13.6. The number of rotatable bonds is 3. The second-order valence-corrected chi connectivity index (χ2v) is 4.02. The van der Waals surface area contributed by atoms with Gasteiger partial charge < -0.3 is 9.88 Å². The van der Waals surface area contributed by atoms with Crippen molar-refractivity contribution in [1.82, 2.24) is 9.88 Å². The van der Waals surface area contributed by atoms with E-state index in [9.17, 15) is 4.39 Å². The molecule has 1 N–H and O–H groups in total. The van der Waals surface area contributed by atoms with Crippen LogP contribution in [0.25, 0.3) is 10.9 Å². The number of aromatic nitrogens is 1. The first-order valence-electron chi connectivity index (χ1n) is 5.08. The summed E-state index contributed by atoms with van der Waals surface area (Å²) in [7, 11) is 3.99. The SMILES string of the molecule is CN(C)CCc1c(F)[nH]c2ccccc12. The van der Waals surface area contributed by atoms with Gasteiger partial charge in [-0.1, -0.05) is 18.2 Å². The third-order valence-corrected chi connectivity index (χ3v) is 2.57. The van der Waals surface area contributed by atoms with Gasteiger partial charge in [0.2, 0.25) is 0 Å².